The number of likely N-dealkylation sites (tertiary alicyclic amines) is 1. The number of urea groups is 1. The fourth-order valence-corrected chi connectivity index (χ4v) is 5.30. The summed E-state index contributed by atoms with van der Waals surface area (Å²) in [6.07, 6.45) is 1.82. The van der Waals surface area contributed by atoms with Gasteiger partial charge >= 0.3 is 6.03 Å². The third-order valence-electron chi connectivity index (χ3n) is 6.32. The van der Waals surface area contributed by atoms with Gasteiger partial charge in [0.1, 0.15) is 10.7 Å². The maximum absolute atomic E-state index is 12.9. The summed E-state index contributed by atoms with van der Waals surface area (Å²) < 4.78 is 0. The van der Waals surface area contributed by atoms with Crippen LogP contribution in [0, 0.1) is 0 Å². The number of carbonyl (C=O) groups excluding carboxylic acids is 2. The lowest BCUT2D eigenvalue weighted by molar-refractivity contribution is 0.0904. The Morgan fingerprint density at radius 3 is 2.51 bits per heavy atom. The van der Waals surface area contributed by atoms with Gasteiger partial charge in [-0.05, 0) is 50.5 Å². The van der Waals surface area contributed by atoms with E-state index >= 15 is 0 Å². The van der Waals surface area contributed by atoms with Crippen molar-refractivity contribution in [2.75, 3.05) is 18.4 Å². The van der Waals surface area contributed by atoms with Crippen molar-refractivity contribution in [2.24, 2.45) is 0 Å². The van der Waals surface area contributed by atoms with Crippen LogP contribution in [0.2, 0.25) is 10.0 Å². The fourth-order valence-electron chi connectivity index (χ4n) is 4.23. The topological polar surface area (TPSA) is 77.6 Å². The highest BCUT2D eigenvalue weighted by atomic mass is 35.5. The molecule has 0 aliphatic carbocycles. The molecule has 1 saturated heterocycles. The minimum atomic E-state index is -0.281. The minimum absolute atomic E-state index is 0.0787. The van der Waals surface area contributed by atoms with E-state index in [1.165, 1.54) is 16.9 Å². The molecule has 0 radical (unpaired) electrons. The van der Waals surface area contributed by atoms with E-state index in [0.29, 0.717) is 33.0 Å². The van der Waals surface area contributed by atoms with Crippen molar-refractivity contribution in [3.05, 3.63) is 80.2 Å². The predicted octanol–water partition coefficient (Wildman–Crippen LogP) is 6.29. The van der Waals surface area contributed by atoms with E-state index in [-0.39, 0.29) is 24.0 Å². The van der Waals surface area contributed by atoms with Crippen LogP contribution in [0.4, 0.5) is 10.5 Å². The Balaban J connectivity index is 1.28. The molecule has 0 atom stereocenters. The summed E-state index contributed by atoms with van der Waals surface area (Å²) >= 11 is 13.4. The molecule has 1 aliphatic heterocycles. The fraction of sp³-hybridized carbons (Fsp3) is 0.370. The average molecular weight is 561 g/mol. The zero-order valence-electron chi connectivity index (χ0n) is 20.9. The Morgan fingerprint density at radius 2 is 1.84 bits per heavy atom. The number of anilines is 1. The van der Waals surface area contributed by atoms with Crippen molar-refractivity contribution in [1.82, 2.24) is 20.1 Å². The molecule has 0 bridgehead atoms. The van der Waals surface area contributed by atoms with Gasteiger partial charge in [-0.25, -0.2) is 9.78 Å². The molecule has 4 rings (SSSR count). The molecule has 0 saturated carbocycles. The maximum Gasteiger partial charge on any atom is 0.322 e. The molecular formula is C27H31Cl2N5O2S. The summed E-state index contributed by atoms with van der Waals surface area (Å²) in [5.41, 5.74) is 2.25. The van der Waals surface area contributed by atoms with Crippen molar-refractivity contribution in [3.8, 4) is 0 Å². The number of halogens is 2. The number of carbonyl (C=O) groups is 2. The normalized spacial score (nSPS) is 14.5. The Labute approximate surface area is 231 Å². The first-order valence-corrected chi connectivity index (χ1v) is 14.0. The zero-order valence-corrected chi connectivity index (χ0v) is 23.2. The summed E-state index contributed by atoms with van der Waals surface area (Å²) in [6.45, 7) is 6.97. The van der Waals surface area contributed by atoms with Gasteiger partial charge in [0.25, 0.3) is 5.91 Å². The molecule has 10 heteroatoms. The molecular weight excluding hydrogens is 529 g/mol. The SMILES string of the molecule is CC(C)N(Cc1nc(C(=O)NC2CCN(Cc3ccccc3)CC2)cs1)C(=O)Nc1ccc(Cl)c(Cl)c1. The van der Waals surface area contributed by atoms with Crippen LogP contribution in [0.1, 0.15) is 47.7 Å². The van der Waals surface area contributed by atoms with Crippen LogP contribution in [0.15, 0.2) is 53.9 Å². The lowest BCUT2D eigenvalue weighted by Gasteiger charge is -2.32. The van der Waals surface area contributed by atoms with Gasteiger partial charge in [-0.2, -0.15) is 0 Å². The quantitative estimate of drug-likeness (QED) is 0.340. The molecule has 37 heavy (non-hydrogen) atoms. The molecule has 3 aromatic rings. The minimum Gasteiger partial charge on any atom is -0.348 e. The number of hydrogen-bond acceptors (Lipinski definition) is 5. The van der Waals surface area contributed by atoms with E-state index in [4.69, 9.17) is 23.2 Å². The zero-order chi connectivity index (χ0) is 26.4. The number of thiazole rings is 1. The molecule has 1 fully saturated rings. The predicted molar refractivity (Wildman–Crippen MR) is 150 cm³/mol. The van der Waals surface area contributed by atoms with E-state index in [9.17, 15) is 9.59 Å². The molecule has 1 aromatic heterocycles. The number of nitrogens with zero attached hydrogens (tertiary/aromatic N) is 3. The van der Waals surface area contributed by atoms with Crippen molar-refractivity contribution in [3.63, 3.8) is 0 Å². The summed E-state index contributed by atoms with van der Waals surface area (Å²) in [5, 5.41) is 9.23. The number of hydrogen-bond donors (Lipinski definition) is 2. The van der Waals surface area contributed by atoms with Crippen LogP contribution in [0.3, 0.4) is 0 Å². The van der Waals surface area contributed by atoms with Crippen molar-refractivity contribution >= 4 is 52.2 Å². The molecule has 7 nitrogen and oxygen atoms in total. The number of rotatable bonds is 8. The van der Waals surface area contributed by atoms with E-state index in [1.54, 1.807) is 28.5 Å². The van der Waals surface area contributed by atoms with Crippen LogP contribution in [-0.4, -0.2) is 51.9 Å². The smallest absolute Gasteiger partial charge is 0.322 e. The molecule has 196 valence electrons. The molecule has 2 heterocycles. The van der Waals surface area contributed by atoms with Crippen molar-refractivity contribution < 1.29 is 9.59 Å². The Kier molecular flexibility index (Phi) is 9.43. The van der Waals surface area contributed by atoms with Crippen LogP contribution in [0.5, 0.6) is 0 Å². The highest BCUT2D eigenvalue weighted by molar-refractivity contribution is 7.09. The van der Waals surface area contributed by atoms with Gasteiger partial charge in [-0.15, -0.1) is 11.3 Å². The van der Waals surface area contributed by atoms with Gasteiger partial charge < -0.3 is 15.5 Å². The van der Waals surface area contributed by atoms with Gasteiger partial charge in [0.15, 0.2) is 0 Å². The average Bonchev–Trinajstić information content (AvgIpc) is 3.35. The lowest BCUT2D eigenvalue weighted by atomic mass is 10.0. The monoisotopic (exact) mass is 559 g/mol. The van der Waals surface area contributed by atoms with E-state index in [1.807, 2.05) is 19.9 Å². The van der Waals surface area contributed by atoms with Crippen LogP contribution in [-0.2, 0) is 13.1 Å². The molecule has 1 aliphatic rings. The van der Waals surface area contributed by atoms with Gasteiger partial charge in [0, 0.05) is 42.8 Å². The molecule has 0 unspecified atom stereocenters. The lowest BCUT2D eigenvalue weighted by Crippen LogP contribution is -2.44. The first kappa shape index (κ1) is 27.4. The highest BCUT2D eigenvalue weighted by Gasteiger charge is 2.24. The largest absolute Gasteiger partial charge is 0.348 e. The van der Waals surface area contributed by atoms with Crippen LogP contribution >= 0.6 is 34.5 Å². The van der Waals surface area contributed by atoms with Gasteiger partial charge in [0.05, 0.1) is 16.6 Å². The van der Waals surface area contributed by atoms with Gasteiger partial charge in [0.2, 0.25) is 0 Å². The standard InChI is InChI=1S/C27H31Cl2N5O2S/c1-18(2)34(27(36)31-21-8-9-22(28)23(29)14-21)16-25-32-24(17-37-25)26(35)30-20-10-12-33(13-11-20)15-19-6-4-3-5-7-19/h3-9,14,17-18,20H,10-13,15-16H2,1-2H3,(H,30,35)(H,31,36). The van der Waals surface area contributed by atoms with Crippen LogP contribution < -0.4 is 10.6 Å². The summed E-state index contributed by atoms with van der Waals surface area (Å²) in [4.78, 5) is 34.4. The van der Waals surface area contributed by atoms with E-state index in [2.05, 4.69) is 44.8 Å². The molecule has 0 spiro atoms. The second-order valence-corrected chi connectivity index (χ2v) is 11.2. The van der Waals surface area contributed by atoms with Crippen molar-refractivity contribution in [2.45, 2.75) is 51.9 Å². The second-order valence-electron chi connectivity index (χ2n) is 9.42. The number of amides is 3. The first-order valence-electron chi connectivity index (χ1n) is 12.3. The van der Waals surface area contributed by atoms with E-state index in [0.717, 1.165) is 32.5 Å². The summed E-state index contributed by atoms with van der Waals surface area (Å²) in [5.74, 6) is -0.166. The van der Waals surface area contributed by atoms with E-state index < -0.39 is 0 Å². The Morgan fingerprint density at radius 1 is 1.11 bits per heavy atom. The van der Waals surface area contributed by atoms with Gasteiger partial charge in [-0.1, -0.05) is 53.5 Å². The van der Waals surface area contributed by atoms with Crippen molar-refractivity contribution in [1.29, 1.82) is 0 Å². The number of nitrogens with one attached hydrogen (secondary N) is 2. The number of piperidine rings is 1. The highest BCUT2D eigenvalue weighted by Crippen LogP contribution is 2.25. The summed E-state index contributed by atoms with van der Waals surface area (Å²) in [7, 11) is 0. The Hall–Kier alpha value is -2.65. The third-order valence-corrected chi connectivity index (χ3v) is 7.89. The Bertz CT molecular complexity index is 1210. The molecule has 2 N–H and O–H groups in total. The third kappa shape index (κ3) is 7.68. The van der Waals surface area contributed by atoms with Gasteiger partial charge in [-0.3, -0.25) is 9.69 Å². The number of aromatic nitrogens is 1. The molecule has 2 aromatic carbocycles. The molecule has 3 amide bonds. The second kappa shape index (κ2) is 12.7. The maximum atomic E-state index is 12.9. The summed E-state index contributed by atoms with van der Waals surface area (Å²) in [6, 6.07) is 15.2. The number of benzene rings is 2. The first-order chi connectivity index (χ1) is 17.8. The van der Waals surface area contributed by atoms with Crippen LogP contribution in [0.25, 0.3) is 0 Å².